The molecule has 0 bridgehead atoms. The van der Waals surface area contributed by atoms with E-state index in [1.54, 1.807) is 6.07 Å². The summed E-state index contributed by atoms with van der Waals surface area (Å²) in [5.41, 5.74) is 3.43. The number of aromatic nitrogens is 2. The summed E-state index contributed by atoms with van der Waals surface area (Å²) in [5.74, 6) is 6.68. The molecule has 0 amide bonds. The van der Waals surface area contributed by atoms with Crippen LogP contribution in [-0.4, -0.2) is 16.6 Å². The standard InChI is InChI=1S/C9H14N4O/c1-6-5-8(13-10)12-9(11-6)7-3-2-4-14-7/h5,7H,2-4,10H2,1H3,(H,11,12,13). The van der Waals surface area contributed by atoms with Crippen molar-refractivity contribution in [3.05, 3.63) is 17.6 Å². The van der Waals surface area contributed by atoms with Crippen LogP contribution in [0.25, 0.3) is 0 Å². The molecule has 1 aromatic rings. The first kappa shape index (κ1) is 9.36. The van der Waals surface area contributed by atoms with Crippen molar-refractivity contribution in [2.75, 3.05) is 12.0 Å². The molecule has 14 heavy (non-hydrogen) atoms. The number of hydrogen-bond donors (Lipinski definition) is 2. The molecule has 1 aliphatic rings. The van der Waals surface area contributed by atoms with Crippen LogP contribution < -0.4 is 11.3 Å². The molecular formula is C9H14N4O. The lowest BCUT2D eigenvalue weighted by atomic mass is 10.2. The van der Waals surface area contributed by atoms with Crippen LogP contribution in [0.5, 0.6) is 0 Å². The summed E-state index contributed by atoms with van der Waals surface area (Å²) >= 11 is 0. The minimum atomic E-state index is 0.0435. The highest BCUT2D eigenvalue weighted by Gasteiger charge is 2.20. The fourth-order valence-electron chi connectivity index (χ4n) is 1.59. The highest BCUT2D eigenvalue weighted by Crippen LogP contribution is 2.26. The number of nitrogen functional groups attached to an aromatic ring is 1. The SMILES string of the molecule is Cc1cc(NN)nc(C2CCCO2)n1. The van der Waals surface area contributed by atoms with Gasteiger partial charge in [0.15, 0.2) is 5.82 Å². The Morgan fingerprint density at radius 2 is 2.43 bits per heavy atom. The van der Waals surface area contributed by atoms with E-state index >= 15 is 0 Å². The average Bonchev–Trinajstić information content (AvgIpc) is 2.69. The molecule has 2 heterocycles. The van der Waals surface area contributed by atoms with Crippen LogP contribution >= 0.6 is 0 Å². The average molecular weight is 194 g/mol. The third-order valence-corrected chi connectivity index (χ3v) is 2.24. The molecule has 1 aliphatic heterocycles. The van der Waals surface area contributed by atoms with Gasteiger partial charge >= 0.3 is 0 Å². The maximum absolute atomic E-state index is 5.50. The summed E-state index contributed by atoms with van der Waals surface area (Å²) in [5, 5.41) is 0. The zero-order chi connectivity index (χ0) is 9.97. The van der Waals surface area contributed by atoms with Gasteiger partial charge in [-0.15, -0.1) is 0 Å². The zero-order valence-corrected chi connectivity index (χ0v) is 8.16. The Balaban J connectivity index is 2.27. The lowest BCUT2D eigenvalue weighted by molar-refractivity contribution is 0.105. The van der Waals surface area contributed by atoms with Crippen LogP contribution in [-0.2, 0) is 4.74 Å². The molecule has 1 saturated heterocycles. The minimum Gasteiger partial charge on any atom is -0.370 e. The normalized spacial score (nSPS) is 21.1. The van der Waals surface area contributed by atoms with Crippen molar-refractivity contribution in [3.63, 3.8) is 0 Å². The van der Waals surface area contributed by atoms with Crippen LogP contribution in [0.2, 0.25) is 0 Å². The van der Waals surface area contributed by atoms with Gasteiger partial charge in [0, 0.05) is 18.4 Å². The molecule has 0 aliphatic carbocycles. The predicted octanol–water partition coefficient (Wildman–Crippen LogP) is 0.922. The smallest absolute Gasteiger partial charge is 0.159 e. The van der Waals surface area contributed by atoms with E-state index in [1.807, 2.05) is 6.92 Å². The van der Waals surface area contributed by atoms with Crippen molar-refractivity contribution in [2.45, 2.75) is 25.9 Å². The number of anilines is 1. The third-order valence-electron chi connectivity index (χ3n) is 2.24. The third kappa shape index (κ3) is 1.83. The summed E-state index contributed by atoms with van der Waals surface area (Å²) in [4.78, 5) is 8.59. The maximum atomic E-state index is 5.50. The Bertz CT molecular complexity index is 323. The number of hydrazine groups is 1. The van der Waals surface area contributed by atoms with Crippen molar-refractivity contribution >= 4 is 5.82 Å². The van der Waals surface area contributed by atoms with Gasteiger partial charge < -0.3 is 10.2 Å². The molecule has 0 saturated carbocycles. The van der Waals surface area contributed by atoms with E-state index in [0.29, 0.717) is 5.82 Å². The number of nitrogens with zero attached hydrogens (tertiary/aromatic N) is 2. The molecule has 1 unspecified atom stereocenters. The van der Waals surface area contributed by atoms with E-state index in [0.717, 1.165) is 31.0 Å². The Labute approximate surface area is 82.7 Å². The molecule has 5 nitrogen and oxygen atoms in total. The first-order valence-electron chi connectivity index (χ1n) is 4.73. The van der Waals surface area contributed by atoms with E-state index < -0.39 is 0 Å². The van der Waals surface area contributed by atoms with Crippen LogP contribution in [0.15, 0.2) is 6.07 Å². The fraction of sp³-hybridized carbons (Fsp3) is 0.556. The van der Waals surface area contributed by atoms with Gasteiger partial charge in [0.1, 0.15) is 11.9 Å². The molecule has 5 heteroatoms. The van der Waals surface area contributed by atoms with Gasteiger partial charge in [0.25, 0.3) is 0 Å². The van der Waals surface area contributed by atoms with E-state index in [-0.39, 0.29) is 6.10 Å². The predicted molar refractivity (Wildman–Crippen MR) is 52.5 cm³/mol. The summed E-state index contributed by atoms with van der Waals surface area (Å²) in [6.45, 7) is 2.72. The number of rotatable bonds is 2. The molecule has 1 atom stereocenters. The van der Waals surface area contributed by atoms with Crippen LogP contribution in [0, 0.1) is 6.92 Å². The Morgan fingerprint density at radius 1 is 1.57 bits per heavy atom. The summed E-state index contributed by atoms with van der Waals surface area (Å²) in [7, 11) is 0. The summed E-state index contributed by atoms with van der Waals surface area (Å²) in [6.07, 6.45) is 2.11. The van der Waals surface area contributed by atoms with Gasteiger partial charge in [-0.3, -0.25) is 0 Å². The molecule has 1 fully saturated rings. The number of hydrogen-bond acceptors (Lipinski definition) is 5. The summed E-state index contributed by atoms with van der Waals surface area (Å²) < 4.78 is 5.50. The Hall–Kier alpha value is -1.20. The lowest BCUT2D eigenvalue weighted by Gasteiger charge is -2.10. The van der Waals surface area contributed by atoms with E-state index in [1.165, 1.54) is 0 Å². The van der Waals surface area contributed by atoms with E-state index in [4.69, 9.17) is 10.6 Å². The second kappa shape index (κ2) is 3.89. The largest absolute Gasteiger partial charge is 0.370 e. The van der Waals surface area contributed by atoms with Gasteiger partial charge in [-0.1, -0.05) is 0 Å². The van der Waals surface area contributed by atoms with Crippen LogP contribution in [0.3, 0.4) is 0 Å². The molecule has 3 N–H and O–H groups in total. The molecule has 2 rings (SSSR count). The Morgan fingerprint density at radius 3 is 3.07 bits per heavy atom. The zero-order valence-electron chi connectivity index (χ0n) is 8.16. The van der Waals surface area contributed by atoms with Gasteiger partial charge in [0.05, 0.1) is 0 Å². The quantitative estimate of drug-likeness (QED) is 0.541. The molecule has 76 valence electrons. The maximum Gasteiger partial charge on any atom is 0.159 e. The monoisotopic (exact) mass is 194 g/mol. The Kier molecular flexibility index (Phi) is 2.60. The molecule has 0 radical (unpaired) electrons. The van der Waals surface area contributed by atoms with E-state index in [9.17, 15) is 0 Å². The van der Waals surface area contributed by atoms with Crippen LogP contribution in [0.1, 0.15) is 30.5 Å². The second-order valence-corrected chi connectivity index (χ2v) is 3.40. The molecule has 1 aromatic heterocycles. The van der Waals surface area contributed by atoms with Gasteiger partial charge in [-0.25, -0.2) is 15.8 Å². The van der Waals surface area contributed by atoms with Crippen molar-refractivity contribution < 1.29 is 4.74 Å². The van der Waals surface area contributed by atoms with Crippen molar-refractivity contribution in [2.24, 2.45) is 5.84 Å². The van der Waals surface area contributed by atoms with Crippen molar-refractivity contribution in [1.82, 2.24) is 9.97 Å². The number of ether oxygens (including phenoxy) is 1. The number of nitrogens with one attached hydrogen (secondary N) is 1. The minimum absolute atomic E-state index is 0.0435. The highest BCUT2D eigenvalue weighted by molar-refractivity contribution is 5.34. The fourth-order valence-corrected chi connectivity index (χ4v) is 1.59. The van der Waals surface area contributed by atoms with Gasteiger partial charge in [-0.05, 0) is 19.8 Å². The highest BCUT2D eigenvalue weighted by atomic mass is 16.5. The topological polar surface area (TPSA) is 73.1 Å². The first-order valence-corrected chi connectivity index (χ1v) is 4.73. The van der Waals surface area contributed by atoms with Gasteiger partial charge in [0.2, 0.25) is 0 Å². The van der Waals surface area contributed by atoms with Gasteiger partial charge in [-0.2, -0.15) is 0 Å². The number of aryl methyl sites for hydroxylation is 1. The van der Waals surface area contributed by atoms with E-state index in [2.05, 4.69) is 15.4 Å². The van der Waals surface area contributed by atoms with Crippen LogP contribution in [0.4, 0.5) is 5.82 Å². The lowest BCUT2D eigenvalue weighted by Crippen LogP contribution is -2.12. The molecule has 0 aromatic carbocycles. The second-order valence-electron chi connectivity index (χ2n) is 3.40. The van der Waals surface area contributed by atoms with Crippen molar-refractivity contribution in [1.29, 1.82) is 0 Å². The first-order chi connectivity index (χ1) is 6.79. The number of nitrogens with two attached hydrogens (primary N) is 1. The molecular weight excluding hydrogens is 180 g/mol. The van der Waals surface area contributed by atoms with Crippen molar-refractivity contribution in [3.8, 4) is 0 Å². The molecule has 0 spiro atoms. The summed E-state index contributed by atoms with van der Waals surface area (Å²) in [6, 6.07) is 1.80.